The van der Waals surface area contributed by atoms with Crippen molar-refractivity contribution in [1.82, 2.24) is 4.90 Å². The van der Waals surface area contributed by atoms with E-state index in [4.69, 9.17) is 4.74 Å². The number of rotatable bonds is 6. The molecule has 0 aliphatic rings. The van der Waals surface area contributed by atoms with Gasteiger partial charge >= 0.3 is 0 Å². The van der Waals surface area contributed by atoms with Gasteiger partial charge in [-0.05, 0) is 26.2 Å². The number of hydrogen-bond acceptors (Lipinski definition) is 5. The third-order valence-corrected chi connectivity index (χ3v) is 2.70. The number of nitrogens with one attached hydrogen (secondary N) is 1. The highest BCUT2D eigenvalue weighted by Gasteiger charge is 2.11. The molecule has 0 atom stereocenters. The highest BCUT2D eigenvalue weighted by Crippen LogP contribution is 2.26. The molecule has 0 aromatic heterocycles. The van der Waals surface area contributed by atoms with Crippen molar-refractivity contribution in [3.05, 3.63) is 50.8 Å². The Bertz CT molecular complexity index is 627. The van der Waals surface area contributed by atoms with Crippen LogP contribution in [0.4, 0.5) is 11.4 Å². The summed E-state index contributed by atoms with van der Waals surface area (Å²) in [6, 6.07) is 8.62. The van der Waals surface area contributed by atoms with Crippen molar-refractivity contribution >= 4 is 11.4 Å². The lowest BCUT2D eigenvalue weighted by atomic mass is 10.2. The molecule has 0 amide bonds. The van der Waals surface area contributed by atoms with E-state index in [9.17, 15) is 9.59 Å². The van der Waals surface area contributed by atoms with E-state index in [-0.39, 0.29) is 0 Å². The molecule has 5 nitrogen and oxygen atoms in total. The summed E-state index contributed by atoms with van der Waals surface area (Å²) in [7, 11) is 3.94. The normalized spacial score (nSPS) is 10.9. The number of para-hydroxylation sites is 2. The second-order valence-corrected chi connectivity index (χ2v) is 4.52. The van der Waals surface area contributed by atoms with E-state index in [1.54, 1.807) is 0 Å². The summed E-state index contributed by atoms with van der Waals surface area (Å²) in [6.07, 6.45) is 0. The van der Waals surface area contributed by atoms with Gasteiger partial charge in [0.1, 0.15) is 12.4 Å². The van der Waals surface area contributed by atoms with Crippen LogP contribution in [0.2, 0.25) is 0 Å². The Hall–Kier alpha value is -2.14. The van der Waals surface area contributed by atoms with Gasteiger partial charge in [0.05, 0.1) is 11.4 Å². The Kier molecular flexibility index (Phi) is 3.97. The maximum atomic E-state index is 11.3. The average Bonchev–Trinajstić information content (AvgIpc) is 2.39. The van der Waals surface area contributed by atoms with Crippen LogP contribution in [0, 0.1) is 0 Å². The molecule has 100 valence electrons. The Morgan fingerprint density at radius 3 is 2.53 bits per heavy atom. The predicted octanol–water partition coefficient (Wildman–Crippen LogP) is 0.967. The Morgan fingerprint density at radius 1 is 1.16 bits per heavy atom. The zero-order valence-electron chi connectivity index (χ0n) is 11.0. The zero-order valence-corrected chi connectivity index (χ0v) is 11.0. The molecule has 0 fully saturated rings. The van der Waals surface area contributed by atoms with Crippen LogP contribution in [0.5, 0.6) is 5.75 Å². The lowest BCUT2D eigenvalue weighted by Gasteiger charge is -2.15. The standard InChI is InChI=1S/C14H16N2O3/c1-16(2)7-8-19-13-6-4-3-5-10(13)15-11-9-12(17)14(11)18/h3-6,9,15H,7-8H2,1-2H3. The van der Waals surface area contributed by atoms with Crippen molar-refractivity contribution in [1.29, 1.82) is 0 Å². The van der Waals surface area contributed by atoms with Crippen molar-refractivity contribution in [2.75, 3.05) is 32.6 Å². The van der Waals surface area contributed by atoms with E-state index in [1.807, 2.05) is 43.3 Å². The molecular weight excluding hydrogens is 244 g/mol. The highest BCUT2D eigenvalue weighted by molar-refractivity contribution is 5.67. The molecule has 0 aliphatic carbocycles. The van der Waals surface area contributed by atoms with E-state index < -0.39 is 10.9 Å². The average molecular weight is 260 g/mol. The summed E-state index contributed by atoms with van der Waals surface area (Å²) < 4.78 is 5.65. The number of nitrogens with zero attached hydrogens (tertiary/aromatic N) is 1. The van der Waals surface area contributed by atoms with Crippen LogP contribution in [-0.2, 0) is 0 Å². The van der Waals surface area contributed by atoms with Crippen LogP contribution < -0.4 is 20.9 Å². The first-order valence-corrected chi connectivity index (χ1v) is 6.02. The quantitative estimate of drug-likeness (QED) is 0.784. The van der Waals surface area contributed by atoms with Crippen LogP contribution in [0.1, 0.15) is 0 Å². The fraction of sp³-hybridized carbons (Fsp3) is 0.286. The van der Waals surface area contributed by atoms with Gasteiger partial charge in [0, 0.05) is 12.6 Å². The van der Waals surface area contributed by atoms with Gasteiger partial charge in [-0.1, -0.05) is 12.1 Å². The molecule has 2 aromatic rings. The van der Waals surface area contributed by atoms with Gasteiger partial charge in [-0.2, -0.15) is 0 Å². The molecule has 0 heterocycles. The lowest BCUT2D eigenvalue weighted by molar-refractivity contribution is 0.262. The first-order chi connectivity index (χ1) is 9.08. The number of hydrogen-bond donors (Lipinski definition) is 1. The summed E-state index contributed by atoms with van der Waals surface area (Å²) in [5.74, 6) is 0.664. The molecule has 0 spiro atoms. The molecule has 0 saturated heterocycles. The summed E-state index contributed by atoms with van der Waals surface area (Å²) in [5, 5.41) is 2.92. The summed E-state index contributed by atoms with van der Waals surface area (Å²) in [5.41, 5.74) is 0.0543. The van der Waals surface area contributed by atoms with Gasteiger partial charge in [0.15, 0.2) is 0 Å². The minimum atomic E-state index is -0.483. The molecular formula is C14H16N2O3. The summed E-state index contributed by atoms with van der Waals surface area (Å²) in [4.78, 5) is 24.1. The maximum absolute atomic E-state index is 11.3. The van der Waals surface area contributed by atoms with Gasteiger partial charge in [-0.25, -0.2) is 0 Å². The van der Waals surface area contributed by atoms with E-state index in [0.717, 1.165) is 6.54 Å². The van der Waals surface area contributed by atoms with Crippen LogP contribution in [-0.4, -0.2) is 32.1 Å². The third kappa shape index (κ3) is 3.20. The lowest BCUT2D eigenvalue weighted by Crippen LogP contribution is -2.31. The van der Waals surface area contributed by atoms with Crippen LogP contribution >= 0.6 is 0 Å². The Balaban J connectivity index is 2.06. The molecule has 2 aromatic carbocycles. The zero-order chi connectivity index (χ0) is 13.8. The second kappa shape index (κ2) is 5.67. The second-order valence-electron chi connectivity index (χ2n) is 4.52. The summed E-state index contributed by atoms with van der Waals surface area (Å²) >= 11 is 0. The van der Waals surface area contributed by atoms with Crippen molar-refractivity contribution in [3.63, 3.8) is 0 Å². The molecule has 0 unspecified atom stereocenters. The van der Waals surface area contributed by atoms with Crippen molar-refractivity contribution in [2.45, 2.75) is 0 Å². The first kappa shape index (κ1) is 13.3. The van der Waals surface area contributed by atoms with Crippen molar-refractivity contribution in [2.24, 2.45) is 0 Å². The van der Waals surface area contributed by atoms with Gasteiger partial charge in [0.2, 0.25) is 10.9 Å². The van der Waals surface area contributed by atoms with Gasteiger partial charge < -0.3 is 15.0 Å². The Labute approximate surface area is 111 Å². The molecule has 2 rings (SSSR count). The minimum Gasteiger partial charge on any atom is -0.490 e. The maximum Gasteiger partial charge on any atom is 0.249 e. The SMILES string of the molecule is CN(C)CCOc1ccccc1Nc1cc(=O)c1=O. The van der Waals surface area contributed by atoms with Gasteiger partial charge in [-0.15, -0.1) is 0 Å². The van der Waals surface area contributed by atoms with Crippen LogP contribution in [0.15, 0.2) is 39.9 Å². The van der Waals surface area contributed by atoms with Gasteiger partial charge in [-0.3, -0.25) is 9.59 Å². The predicted molar refractivity (Wildman–Crippen MR) is 75.1 cm³/mol. The molecule has 5 heteroatoms. The smallest absolute Gasteiger partial charge is 0.249 e. The Morgan fingerprint density at radius 2 is 1.89 bits per heavy atom. The first-order valence-electron chi connectivity index (χ1n) is 6.02. The van der Waals surface area contributed by atoms with Crippen LogP contribution in [0.3, 0.4) is 0 Å². The number of ether oxygens (including phenoxy) is 1. The topological polar surface area (TPSA) is 58.6 Å². The number of likely N-dealkylation sites (N-methyl/N-ethyl adjacent to an activating group) is 1. The minimum absolute atomic E-state index is 0.314. The molecule has 19 heavy (non-hydrogen) atoms. The summed E-state index contributed by atoms with van der Waals surface area (Å²) in [6.45, 7) is 1.35. The van der Waals surface area contributed by atoms with Gasteiger partial charge in [0.25, 0.3) is 0 Å². The van der Waals surface area contributed by atoms with E-state index in [0.29, 0.717) is 23.7 Å². The molecule has 1 N–H and O–H groups in total. The highest BCUT2D eigenvalue weighted by atomic mass is 16.5. The van der Waals surface area contributed by atoms with E-state index >= 15 is 0 Å². The third-order valence-electron chi connectivity index (χ3n) is 2.70. The monoisotopic (exact) mass is 260 g/mol. The molecule has 0 radical (unpaired) electrons. The van der Waals surface area contributed by atoms with Crippen molar-refractivity contribution < 1.29 is 4.74 Å². The molecule has 0 saturated carbocycles. The molecule has 0 aliphatic heterocycles. The largest absolute Gasteiger partial charge is 0.490 e. The fourth-order valence-corrected chi connectivity index (χ4v) is 1.59. The molecule has 0 bridgehead atoms. The van der Waals surface area contributed by atoms with Crippen LogP contribution in [0.25, 0.3) is 0 Å². The fourth-order valence-electron chi connectivity index (χ4n) is 1.59. The van der Waals surface area contributed by atoms with E-state index in [1.165, 1.54) is 6.07 Å². The number of anilines is 2. The van der Waals surface area contributed by atoms with Crippen molar-refractivity contribution in [3.8, 4) is 5.75 Å². The van der Waals surface area contributed by atoms with E-state index in [2.05, 4.69) is 5.32 Å². The number of benzene rings is 1.